The second kappa shape index (κ2) is 4.18. The molecule has 3 aromatic carbocycles. The summed E-state index contributed by atoms with van der Waals surface area (Å²) in [5, 5.41) is 3.16. The summed E-state index contributed by atoms with van der Waals surface area (Å²) in [4.78, 5) is 0. The van der Waals surface area contributed by atoms with E-state index in [2.05, 4.69) is 44.2 Å². The number of benzene rings is 3. The van der Waals surface area contributed by atoms with Crippen LogP contribution >= 0.6 is 11.6 Å². The van der Waals surface area contributed by atoms with Crippen LogP contribution in [0.5, 0.6) is 0 Å². The van der Waals surface area contributed by atoms with E-state index in [1.807, 2.05) is 24.3 Å². The predicted molar refractivity (Wildman–Crippen MR) is 96.3 cm³/mol. The van der Waals surface area contributed by atoms with Crippen molar-refractivity contribution < 1.29 is 4.42 Å². The van der Waals surface area contributed by atoms with E-state index >= 15 is 0 Å². The Hall–Kier alpha value is -2.25. The van der Waals surface area contributed by atoms with Gasteiger partial charge in [0, 0.05) is 26.8 Å². The molecular weight excluding hydrogens is 304 g/mol. The minimum Gasteiger partial charge on any atom is -0.455 e. The van der Waals surface area contributed by atoms with Gasteiger partial charge in [0.15, 0.2) is 0 Å². The van der Waals surface area contributed by atoms with Crippen molar-refractivity contribution in [2.45, 2.75) is 19.3 Å². The number of para-hydroxylation sites is 1. The molecule has 23 heavy (non-hydrogen) atoms. The monoisotopic (exact) mass is 318 g/mol. The normalized spacial score (nSPS) is 15.1. The maximum atomic E-state index is 6.54. The molecule has 4 aromatic rings. The summed E-state index contributed by atoms with van der Waals surface area (Å²) >= 11 is 6.54. The first kappa shape index (κ1) is 13.2. The van der Waals surface area contributed by atoms with Crippen molar-refractivity contribution in [3.63, 3.8) is 0 Å². The molecule has 0 amide bonds. The topological polar surface area (TPSA) is 13.1 Å². The fourth-order valence-corrected chi connectivity index (χ4v) is 4.49. The zero-order valence-electron chi connectivity index (χ0n) is 13.0. The number of fused-ring (bicyclic) bond motifs is 7. The lowest BCUT2D eigenvalue weighted by Gasteiger charge is -2.22. The molecule has 1 aliphatic carbocycles. The molecule has 0 aliphatic heterocycles. The van der Waals surface area contributed by atoms with Crippen LogP contribution in [0.15, 0.2) is 59.0 Å². The summed E-state index contributed by atoms with van der Waals surface area (Å²) in [6.07, 6.45) is 0. The molecule has 1 aliphatic rings. The van der Waals surface area contributed by atoms with E-state index in [9.17, 15) is 0 Å². The van der Waals surface area contributed by atoms with Crippen molar-refractivity contribution in [1.82, 2.24) is 0 Å². The van der Waals surface area contributed by atoms with Gasteiger partial charge in [-0.25, -0.2) is 0 Å². The third kappa shape index (κ3) is 1.53. The van der Waals surface area contributed by atoms with Gasteiger partial charge in [0.2, 0.25) is 0 Å². The minimum atomic E-state index is -0.115. The van der Waals surface area contributed by atoms with Crippen LogP contribution in [-0.4, -0.2) is 0 Å². The molecule has 1 nitrogen and oxygen atoms in total. The van der Waals surface area contributed by atoms with Crippen LogP contribution in [0.25, 0.3) is 33.1 Å². The number of halogens is 1. The highest BCUT2D eigenvalue weighted by molar-refractivity contribution is 6.32. The maximum Gasteiger partial charge on any atom is 0.143 e. The second-order valence-electron chi connectivity index (χ2n) is 6.75. The lowest BCUT2D eigenvalue weighted by molar-refractivity contribution is 0.653. The van der Waals surface area contributed by atoms with Gasteiger partial charge in [0.05, 0.1) is 0 Å². The highest BCUT2D eigenvalue weighted by atomic mass is 35.5. The van der Waals surface area contributed by atoms with Crippen LogP contribution in [0.2, 0.25) is 5.02 Å². The molecule has 0 bridgehead atoms. The molecule has 0 atom stereocenters. The molecule has 0 spiro atoms. The Labute approximate surface area is 139 Å². The summed E-state index contributed by atoms with van der Waals surface area (Å²) < 4.78 is 6.24. The molecule has 0 N–H and O–H groups in total. The summed E-state index contributed by atoms with van der Waals surface area (Å²) in [6.45, 7) is 4.47. The van der Waals surface area contributed by atoms with Gasteiger partial charge >= 0.3 is 0 Å². The Morgan fingerprint density at radius 3 is 2.57 bits per heavy atom. The van der Waals surface area contributed by atoms with Gasteiger partial charge in [0.25, 0.3) is 0 Å². The van der Waals surface area contributed by atoms with Crippen molar-refractivity contribution in [3.05, 3.63) is 70.7 Å². The van der Waals surface area contributed by atoms with Gasteiger partial charge in [-0.3, -0.25) is 0 Å². The zero-order valence-corrected chi connectivity index (χ0v) is 13.7. The average Bonchev–Trinajstić information content (AvgIpc) is 3.02. The fourth-order valence-electron chi connectivity index (χ4n) is 4.08. The largest absolute Gasteiger partial charge is 0.455 e. The van der Waals surface area contributed by atoms with Crippen LogP contribution in [0.1, 0.15) is 25.0 Å². The van der Waals surface area contributed by atoms with Gasteiger partial charge in [0.1, 0.15) is 11.2 Å². The van der Waals surface area contributed by atoms with E-state index in [4.69, 9.17) is 16.0 Å². The molecule has 0 unspecified atom stereocenters. The van der Waals surface area contributed by atoms with Crippen molar-refractivity contribution in [3.8, 4) is 11.1 Å². The standard InChI is InChI=1S/C21H15ClO/c1-21(2)15-11-10-13-12-6-3-4-9-17(12)23-20(13)18(15)14-7-5-8-16(22)19(14)21/h3-11H,1-2H3. The van der Waals surface area contributed by atoms with E-state index in [1.165, 1.54) is 33.0 Å². The third-order valence-corrected chi connectivity index (χ3v) is 5.44. The first-order valence-corrected chi connectivity index (χ1v) is 8.21. The van der Waals surface area contributed by atoms with E-state index in [0.29, 0.717) is 0 Å². The molecule has 0 radical (unpaired) electrons. The van der Waals surface area contributed by atoms with Crippen molar-refractivity contribution >= 4 is 33.5 Å². The number of hydrogen-bond donors (Lipinski definition) is 0. The molecule has 2 heteroatoms. The Morgan fingerprint density at radius 1 is 0.870 bits per heavy atom. The van der Waals surface area contributed by atoms with Crippen LogP contribution in [-0.2, 0) is 5.41 Å². The maximum absolute atomic E-state index is 6.54. The van der Waals surface area contributed by atoms with Crippen molar-refractivity contribution in [1.29, 1.82) is 0 Å². The first-order valence-electron chi connectivity index (χ1n) is 7.83. The zero-order chi connectivity index (χ0) is 15.8. The van der Waals surface area contributed by atoms with E-state index in [1.54, 1.807) is 0 Å². The van der Waals surface area contributed by atoms with Gasteiger partial charge in [-0.1, -0.05) is 67.9 Å². The van der Waals surface area contributed by atoms with Crippen LogP contribution in [0, 0.1) is 0 Å². The van der Waals surface area contributed by atoms with Gasteiger partial charge < -0.3 is 4.42 Å². The Balaban J connectivity index is 2.02. The Bertz CT molecular complexity index is 1100. The van der Waals surface area contributed by atoms with E-state index in [0.717, 1.165) is 16.2 Å². The van der Waals surface area contributed by atoms with Gasteiger partial charge in [-0.2, -0.15) is 0 Å². The molecule has 1 heterocycles. The van der Waals surface area contributed by atoms with Gasteiger partial charge in [-0.15, -0.1) is 0 Å². The number of furan rings is 1. The van der Waals surface area contributed by atoms with Gasteiger partial charge in [-0.05, 0) is 28.8 Å². The predicted octanol–water partition coefficient (Wildman–Crippen LogP) is 6.55. The van der Waals surface area contributed by atoms with Crippen LogP contribution < -0.4 is 0 Å². The SMILES string of the molecule is CC1(C)c2ccc3c(oc4ccccc43)c2-c2cccc(Cl)c21. The minimum absolute atomic E-state index is 0.115. The number of rotatable bonds is 0. The molecule has 0 saturated heterocycles. The average molecular weight is 319 g/mol. The quantitative estimate of drug-likeness (QED) is 0.358. The van der Waals surface area contributed by atoms with Crippen LogP contribution in [0.4, 0.5) is 0 Å². The summed E-state index contributed by atoms with van der Waals surface area (Å²) in [5.74, 6) is 0. The highest BCUT2D eigenvalue weighted by Gasteiger charge is 2.39. The van der Waals surface area contributed by atoms with E-state index in [-0.39, 0.29) is 5.41 Å². The number of hydrogen-bond acceptors (Lipinski definition) is 1. The lowest BCUT2D eigenvalue weighted by Crippen LogP contribution is -2.15. The summed E-state index contributed by atoms with van der Waals surface area (Å²) in [5.41, 5.74) is 6.66. The summed E-state index contributed by atoms with van der Waals surface area (Å²) in [6, 6.07) is 18.8. The first-order chi connectivity index (χ1) is 11.1. The second-order valence-corrected chi connectivity index (χ2v) is 7.16. The van der Waals surface area contributed by atoms with Crippen molar-refractivity contribution in [2.24, 2.45) is 0 Å². The molecule has 112 valence electrons. The molecular formula is C21H15ClO. The molecule has 0 saturated carbocycles. The lowest BCUT2D eigenvalue weighted by atomic mass is 9.82. The van der Waals surface area contributed by atoms with Crippen molar-refractivity contribution in [2.75, 3.05) is 0 Å². The highest BCUT2D eigenvalue weighted by Crippen LogP contribution is 2.54. The molecule has 1 aromatic heterocycles. The fraction of sp³-hybridized carbons (Fsp3) is 0.143. The molecule has 0 fully saturated rings. The Morgan fingerprint density at radius 2 is 1.70 bits per heavy atom. The van der Waals surface area contributed by atoms with Crippen LogP contribution in [0.3, 0.4) is 0 Å². The van der Waals surface area contributed by atoms with E-state index < -0.39 is 0 Å². The molecule has 5 rings (SSSR count). The Kier molecular flexibility index (Phi) is 2.40. The third-order valence-electron chi connectivity index (χ3n) is 5.13. The summed E-state index contributed by atoms with van der Waals surface area (Å²) in [7, 11) is 0. The smallest absolute Gasteiger partial charge is 0.143 e.